The summed E-state index contributed by atoms with van der Waals surface area (Å²) in [5.41, 5.74) is 1.16. The second kappa shape index (κ2) is 4.37. The number of aldehydes is 1. The lowest BCUT2D eigenvalue weighted by molar-refractivity contribution is -0.107. The second-order valence-electron chi connectivity index (χ2n) is 3.68. The van der Waals surface area contributed by atoms with Crippen LogP contribution in [0.25, 0.3) is 0 Å². The van der Waals surface area contributed by atoms with Crippen LogP contribution in [0, 0.1) is 0 Å². The molecule has 14 heavy (non-hydrogen) atoms. The first-order valence-electron chi connectivity index (χ1n) is 5.07. The van der Waals surface area contributed by atoms with Crippen molar-refractivity contribution in [2.24, 2.45) is 0 Å². The van der Waals surface area contributed by atoms with Gasteiger partial charge in [-0.25, -0.2) is 0 Å². The Kier molecular flexibility index (Phi) is 2.93. The first-order valence-corrected chi connectivity index (χ1v) is 5.07. The largest absolute Gasteiger partial charge is 0.315 e. The number of hydrogen-bond donors (Lipinski definition) is 1. The third-order valence-electron chi connectivity index (χ3n) is 2.61. The Morgan fingerprint density at radius 3 is 3.36 bits per heavy atom. The predicted octanol–water partition coefficient (Wildman–Crippen LogP) is 0.549. The lowest BCUT2D eigenvalue weighted by atomic mass is 10.2. The lowest BCUT2D eigenvalue weighted by Gasteiger charge is -2.07. The van der Waals surface area contributed by atoms with Crippen LogP contribution in [-0.4, -0.2) is 29.2 Å². The molecule has 76 valence electrons. The molecule has 2 heterocycles. The van der Waals surface area contributed by atoms with E-state index in [1.807, 2.05) is 10.9 Å². The van der Waals surface area contributed by atoms with E-state index in [-0.39, 0.29) is 0 Å². The van der Waals surface area contributed by atoms with Crippen LogP contribution in [0.4, 0.5) is 0 Å². The van der Waals surface area contributed by atoms with E-state index in [0.29, 0.717) is 12.5 Å². The van der Waals surface area contributed by atoms with Crippen molar-refractivity contribution in [1.29, 1.82) is 0 Å². The van der Waals surface area contributed by atoms with E-state index >= 15 is 0 Å². The molecule has 1 aromatic heterocycles. The van der Waals surface area contributed by atoms with Gasteiger partial charge in [-0.2, -0.15) is 5.10 Å². The molecular weight excluding hydrogens is 178 g/mol. The molecule has 0 bridgehead atoms. The molecule has 0 amide bonds. The number of carbonyl (C=O) groups excluding carboxylic acids is 1. The summed E-state index contributed by atoms with van der Waals surface area (Å²) in [7, 11) is 0. The zero-order valence-electron chi connectivity index (χ0n) is 8.15. The monoisotopic (exact) mass is 193 g/mol. The van der Waals surface area contributed by atoms with Gasteiger partial charge >= 0.3 is 0 Å². The summed E-state index contributed by atoms with van der Waals surface area (Å²) in [5.74, 6) is 0. The Morgan fingerprint density at radius 2 is 2.64 bits per heavy atom. The van der Waals surface area contributed by atoms with Gasteiger partial charge in [-0.1, -0.05) is 0 Å². The summed E-state index contributed by atoms with van der Waals surface area (Å²) in [6.45, 7) is 2.09. The van der Waals surface area contributed by atoms with Crippen LogP contribution in [0.15, 0.2) is 12.4 Å². The van der Waals surface area contributed by atoms with E-state index < -0.39 is 0 Å². The van der Waals surface area contributed by atoms with Crippen LogP contribution in [0.3, 0.4) is 0 Å². The highest BCUT2D eigenvalue weighted by atomic mass is 16.1. The van der Waals surface area contributed by atoms with Crippen molar-refractivity contribution in [3.05, 3.63) is 18.0 Å². The third-order valence-corrected chi connectivity index (χ3v) is 2.61. The van der Waals surface area contributed by atoms with Crippen molar-refractivity contribution in [2.45, 2.75) is 25.3 Å². The molecular formula is C10H15N3O. The third kappa shape index (κ3) is 2.01. The number of rotatable bonds is 4. The number of aromatic nitrogens is 2. The predicted molar refractivity (Wildman–Crippen MR) is 53.1 cm³/mol. The van der Waals surface area contributed by atoms with Crippen molar-refractivity contribution < 1.29 is 4.79 Å². The van der Waals surface area contributed by atoms with Crippen LogP contribution < -0.4 is 5.32 Å². The number of hydrogen-bond acceptors (Lipinski definition) is 3. The molecule has 1 saturated heterocycles. The van der Waals surface area contributed by atoms with Gasteiger partial charge in [-0.05, 0) is 24.9 Å². The lowest BCUT2D eigenvalue weighted by Crippen LogP contribution is -2.13. The highest BCUT2D eigenvalue weighted by Gasteiger charge is 2.16. The fraction of sp³-hybridized carbons (Fsp3) is 0.600. The maximum Gasteiger partial charge on any atom is 0.120 e. The molecule has 1 aromatic rings. The zero-order chi connectivity index (χ0) is 9.80. The summed E-state index contributed by atoms with van der Waals surface area (Å²) in [4.78, 5) is 10.2. The summed E-state index contributed by atoms with van der Waals surface area (Å²) >= 11 is 0. The Bertz CT molecular complexity index is 302. The van der Waals surface area contributed by atoms with E-state index in [1.165, 1.54) is 0 Å². The van der Waals surface area contributed by atoms with Crippen LogP contribution in [-0.2, 0) is 11.2 Å². The van der Waals surface area contributed by atoms with Crippen molar-refractivity contribution in [3.63, 3.8) is 0 Å². The van der Waals surface area contributed by atoms with Crippen LogP contribution in [0.1, 0.15) is 24.4 Å². The van der Waals surface area contributed by atoms with Crippen LogP contribution in [0.2, 0.25) is 0 Å². The van der Waals surface area contributed by atoms with Gasteiger partial charge in [0.15, 0.2) is 0 Å². The smallest absolute Gasteiger partial charge is 0.120 e. The quantitative estimate of drug-likeness (QED) is 0.710. The molecule has 1 N–H and O–H groups in total. The first-order chi connectivity index (χ1) is 6.90. The summed E-state index contributed by atoms with van der Waals surface area (Å²) in [6, 6.07) is 0.500. The molecule has 1 fully saturated rings. The van der Waals surface area contributed by atoms with Crippen LogP contribution in [0.5, 0.6) is 0 Å². The van der Waals surface area contributed by atoms with Gasteiger partial charge in [0.1, 0.15) is 6.29 Å². The Balaban J connectivity index is 1.97. The Hall–Kier alpha value is -1.16. The number of aryl methyl sites for hydroxylation is 1. The van der Waals surface area contributed by atoms with Gasteiger partial charge in [-0.3, -0.25) is 4.68 Å². The molecule has 1 atom stereocenters. The van der Waals surface area contributed by atoms with E-state index in [4.69, 9.17) is 0 Å². The standard InChI is InChI=1S/C10H15N3O/c14-5-1-2-9-6-12-13(8-9)10-3-4-11-7-10/h5-6,8,10-11H,1-4,7H2. The number of nitrogens with zero attached hydrogens (tertiary/aromatic N) is 2. The molecule has 0 aliphatic carbocycles. The molecule has 1 aliphatic rings. The fourth-order valence-corrected chi connectivity index (χ4v) is 1.80. The Morgan fingerprint density at radius 1 is 1.71 bits per heavy atom. The summed E-state index contributed by atoms with van der Waals surface area (Å²) in [5, 5.41) is 7.62. The van der Waals surface area contributed by atoms with Crippen LogP contribution >= 0.6 is 0 Å². The van der Waals surface area contributed by atoms with Gasteiger partial charge in [0.25, 0.3) is 0 Å². The van der Waals surface area contributed by atoms with Gasteiger partial charge in [0.05, 0.1) is 12.2 Å². The minimum absolute atomic E-state index is 0.500. The highest BCUT2D eigenvalue weighted by Crippen LogP contribution is 2.14. The van der Waals surface area contributed by atoms with Crippen molar-refractivity contribution >= 4 is 6.29 Å². The SMILES string of the molecule is O=CCCc1cnn(C2CCNC2)c1. The molecule has 4 heteroatoms. The average molecular weight is 193 g/mol. The van der Waals surface area contributed by atoms with Gasteiger partial charge in [0, 0.05) is 19.2 Å². The molecule has 0 radical (unpaired) electrons. The van der Waals surface area contributed by atoms with Gasteiger partial charge < -0.3 is 10.1 Å². The zero-order valence-corrected chi connectivity index (χ0v) is 8.15. The van der Waals surface area contributed by atoms with Gasteiger partial charge in [-0.15, -0.1) is 0 Å². The highest BCUT2D eigenvalue weighted by molar-refractivity contribution is 5.49. The van der Waals surface area contributed by atoms with E-state index in [1.54, 1.807) is 0 Å². The number of carbonyl (C=O) groups is 1. The minimum Gasteiger partial charge on any atom is -0.315 e. The summed E-state index contributed by atoms with van der Waals surface area (Å²) < 4.78 is 2.01. The molecule has 2 rings (SSSR count). The van der Waals surface area contributed by atoms with Crippen molar-refractivity contribution in [2.75, 3.05) is 13.1 Å². The molecule has 4 nitrogen and oxygen atoms in total. The minimum atomic E-state index is 0.500. The van der Waals surface area contributed by atoms with E-state index in [0.717, 1.165) is 37.8 Å². The van der Waals surface area contributed by atoms with E-state index in [9.17, 15) is 4.79 Å². The van der Waals surface area contributed by atoms with Gasteiger partial charge in [0.2, 0.25) is 0 Å². The number of nitrogens with one attached hydrogen (secondary N) is 1. The molecule has 0 spiro atoms. The Labute approximate surface area is 83.3 Å². The molecule has 1 unspecified atom stereocenters. The maximum atomic E-state index is 10.2. The fourth-order valence-electron chi connectivity index (χ4n) is 1.80. The topological polar surface area (TPSA) is 46.9 Å². The molecule has 0 saturated carbocycles. The maximum absolute atomic E-state index is 10.2. The summed E-state index contributed by atoms with van der Waals surface area (Å²) in [6.07, 6.45) is 7.42. The molecule has 0 aromatic carbocycles. The van der Waals surface area contributed by atoms with Crippen molar-refractivity contribution in [3.8, 4) is 0 Å². The van der Waals surface area contributed by atoms with Crippen molar-refractivity contribution in [1.82, 2.24) is 15.1 Å². The average Bonchev–Trinajstić information content (AvgIpc) is 2.85. The van der Waals surface area contributed by atoms with E-state index in [2.05, 4.69) is 16.6 Å². The first kappa shape index (κ1) is 9.40. The second-order valence-corrected chi connectivity index (χ2v) is 3.68. The molecule has 1 aliphatic heterocycles. The normalized spacial score (nSPS) is 21.3.